The van der Waals surface area contributed by atoms with E-state index < -0.39 is 0 Å². The van der Waals surface area contributed by atoms with Gasteiger partial charge in [0.2, 0.25) is 5.91 Å². The monoisotopic (exact) mass is 172 g/mol. The van der Waals surface area contributed by atoms with Gasteiger partial charge in [-0.25, -0.2) is 0 Å². The van der Waals surface area contributed by atoms with Crippen LogP contribution in [0, 0.1) is 0 Å². The van der Waals surface area contributed by atoms with Gasteiger partial charge in [-0.3, -0.25) is 9.69 Å². The predicted octanol–water partition coefficient (Wildman–Crippen LogP) is -0.417. The van der Waals surface area contributed by atoms with Gasteiger partial charge in [0.05, 0.1) is 12.6 Å². The minimum absolute atomic E-state index is 0.215. The fourth-order valence-corrected chi connectivity index (χ4v) is 1.44. The standard InChI is InChI=1S/C8H16N2O2/c1-7-5-10(6-8(9)11)3-2-4-12-7/h7H,2-6H2,1H3,(H2,9,11). The van der Waals surface area contributed by atoms with E-state index in [0.29, 0.717) is 6.54 Å². The van der Waals surface area contributed by atoms with Crippen LogP contribution in [-0.2, 0) is 9.53 Å². The van der Waals surface area contributed by atoms with Crippen molar-refractivity contribution in [1.29, 1.82) is 0 Å². The third-order valence-corrected chi connectivity index (χ3v) is 1.92. The second kappa shape index (κ2) is 4.42. The summed E-state index contributed by atoms with van der Waals surface area (Å²) in [6.07, 6.45) is 1.20. The van der Waals surface area contributed by atoms with Gasteiger partial charge in [0.1, 0.15) is 0 Å². The summed E-state index contributed by atoms with van der Waals surface area (Å²) in [4.78, 5) is 12.7. The van der Waals surface area contributed by atoms with Crippen LogP contribution in [0.15, 0.2) is 0 Å². The van der Waals surface area contributed by atoms with Crippen LogP contribution in [0.3, 0.4) is 0 Å². The molecule has 0 radical (unpaired) electrons. The van der Waals surface area contributed by atoms with Crippen molar-refractivity contribution < 1.29 is 9.53 Å². The molecule has 0 aromatic heterocycles. The summed E-state index contributed by atoms with van der Waals surface area (Å²) in [5.41, 5.74) is 5.10. The minimum Gasteiger partial charge on any atom is -0.377 e. The van der Waals surface area contributed by atoms with Crippen LogP contribution in [0.5, 0.6) is 0 Å². The molecule has 0 aromatic carbocycles. The van der Waals surface area contributed by atoms with Gasteiger partial charge in [-0.2, -0.15) is 0 Å². The molecular weight excluding hydrogens is 156 g/mol. The SMILES string of the molecule is CC1CN(CC(N)=O)CCCO1. The summed E-state index contributed by atoms with van der Waals surface area (Å²) in [5.74, 6) is -0.260. The van der Waals surface area contributed by atoms with Crippen molar-refractivity contribution in [2.24, 2.45) is 5.73 Å². The molecule has 0 aromatic rings. The molecule has 70 valence electrons. The number of carbonyl (C=O) groups is 1. The van der Waals surface area contributed by atoms with E-state index in [4.69, 9.17) is 10.5 Å². The summed E-state index contributed by atoms with van der Waals surface area (Å²) in [6.45, 7) is 4.87. The van der Waals surface area contributed by atoms with Gasteiger partial charge in [0.15, 0.2) is 0 Å². The lowest BCUT2D eigenvalue weighted by atomic mass is 10.3. The third kappa shape index (κ3) is 3.19. The van der Waals surface area contributed by atoms with Gasteiger partial charge in [-0.05, 0) is 13.3 Å². The molecule has 1 fully saturated rings. The molecule has 4 heteroatoms. The number of rotatable bonds is 2. The Morgan fingerprint density at radius 3 is 3.17 bits per heavy atom. The largest absolute Gasteiger partial charge is 0.377 e. The number of nitrogens with two attached hydrogens (primary N) is 1. The van der Waals surface area contributed by atoms with E-state index in [1.54, 1.807) is 0 Å². The van der Waals surface area contributed by atoms with Crippen LogP contribution in [0.4, 0.5) is 0 Å². The number of hydrogen-bond acceptors (Lipinski definition) is 3. The molecule has 1 aliphatic rings. The summed E-state index contributed by atoms with van der Waals surface area (Å²) in [5, 5.41) is 0. The number of amides is 1. The Morgan fingerprint density at radius 2 is 2.50 bits per heavy atom. The van der Waals surface area contributed by atoms with Gasteiger partial charge in [0.25, 0.3) is 0 Å². The van der Waals surface area contributed by atoms with Gasteiger partial charge in [-0.15, -0.1) is 0 Å². The van der Waals surface area contributed by atoms with E-state index in [1.165, 1.54) is 0 Å². The predicted molar refractivity (Wildman–Crippen MR) is 45.7 cm³/mol. The molecule has 12 heavy (non-hydrogen) atoms. The van der Waals surface area contributed by atoms with E-state index >= 15 is 0 Å². The molecule has 1 unspecified atom stereocenters. The van der Waals surface area contributed by atoms with Crippen LogP contribution < -0.4 is 5.73 Å². The lowest BCUT2D eigenvalue weighted by Gasteiger charge is -2.19. The Labute approximate surface area is 72.7 Å². The highest BCUT2D eigenvalue weighted by Crippen LogP contribution is 2.03. The molecule has 1 amide bonds. The van der Waals surface area contributed by atoms with E-state index in [9.17, 15) is 4.79 Å². The minimum atomic E-state index is -0.260. The Morgan fingerprint density at radius 1 is 1.75 bits per heavy atom. The number of nitrogens with zero attached hydrogens (tertiary/aromatic N) is 1. The number of ether oxygens (including phenoxy) is 1. The normalized spacial score (nSPS) is 26.6. The van der Waals surface area contributed by atoms with Crippen LogP contribution in [0.1, 0.15) is 13.3 Å². The van der Waals surface area contributed by atoms with Gasteiger partial charge in [-0.1, -0.05) is 0 Å². The first-order chi connectivity index (χ1) is 5.68. The average molecular weight is 172 g/mol. The maximum atomic E-state index is 10.6. The molecule has 1 rings (SSSR count). The van der Waals surface area contributed by atoms with E-state index in [0.717, 1.165) is 26.1 Å². The molecule has 1 heterocycles. The maximum Gasteiger partial charge on any atom is 0.231 e. The molecular formula is C8H16N2O2. The van der Waals surface area contributed by atoms with E-state index in [-0.39, 0.29) is 12.0 Å². The van der Waals surface area contributed by atoms with Crippen molar-refractivity contribution in [2.45, 2.75) is 19.4 Å². The highest BCUT2D eigenvalue weighted by atomic mass is 16.5. The first kappa shape index (κ1) is 9.48. The fourth-order valence-electron chi connectivity index (χ4n) is 1.44. The first-order valence-corrected chi connectivity index (χ1v) is 4.31. The van der Waals surface area contributed by atoms with Gasteiger partial charge >= 0.3 is 0 Å². The van der Waals surface area contributed by atoms with Gasteiger partial charge in [0, 0.05) is 19.7 Å². The van der Waals surface area contributed by atoms with Crippen LogP contribution in [-0.4, -0.2) is 43.2 Å². The number of primary amides is 1. The molecule has 0 saturated carbocycles. The Balaban J connectivity index is 2.35. The van der Waals surface area contributed by atoms with Crippen molar-refractivity contribution in [3.63, 3.8) is 0 Å². The van der Waals surface area contributed by atoms with Crippen molar-refractivity contribution >= 4 is 5.91 Å². The topological polar surface area (TPSA) is 55.6 Å². The zero-order valence-corrected chi connectivity index (χ0v) is 7.45. The lowest BCUT2D eigenvalue weighted by Crippen LogP contribution is -2.37. The maximum absolute atomic E-state index is 10.6. The van der Waals surface area contributed by atoms with E-state index in [2.05, 4.69) is 0 Å². The summed E-state index contributed by atoms with van der Waals surface area (Å²) < 4.78 is 5.42. The highest BCUT2D eigenvalue weighted by Gasteiger charge is 2.15. The molecule has 1 aliphatic heterocycles. The molecule has 0 aliphatic carbocycles. The fraction of sp³-hybridized carbons (Fsp3) is 0.875. The first-order valence-electron chi connectivity index (χ1n) is 4.31. The molecule has 0 spiro atoms. The summed E-state index contributed by atoms with van der Waals surface area (Å²) in [6, 6.07) is 0. The van der Waals surface area contributed by atoms with Crippen molar-refractivity contribution in [1.82, 2.24) is 4.90 Å². The highest BCUT2D eigenvalue weighted by molar-refractivity contribution is 5.75. The Hall–Kier alpha value is -0.610. The number of hydrogen-bond donors (Lipinski definition) is 1. The second-order valence-corrected chi connectivity index (χ2v) is 3.24. The zero-order valence-electron chi connectivity index (χ0n) is 7.45. The summed E-state index contributed by atoms with van der Waals surface area (Å²) >= 11 is 0. The van der Waals surface area contributed by atoms with Crippen LogP contribution in [0.2, 0.25) is 0 Å². The second-order valence-electron chi connectivity index (χ2n) is 3.24. The quantitative estimate of drug-likeness (QED) is 0.615. The lowest BCUT2D eigenvalue weighted by molar-refractivity contribution is -0.119. The molecule has 1 atom stereocenters. The van der Waals surface area contributed by atoms with Crippen LogP contribution >= 0.6 is 0 Å². The third-order valence-electron chi connectivity index (χ3n) is 1.92. The Bertz CT molecular complexity index is 161. The van der Waals surface area contributed by atoms with Crippen molar-refractivity contribution in [3.05, 3.63) is 0 Å². The Kier molecular flexibility index (Phi) is 3.49. The molecule has 4 nitrogen and oxygen atoms in total. The molecule has 0 bridgehead atoms. The average Bonchev–Trinajstić information content (AvgIpc) is 2.12. The van der Waals surface area contributed by atoms with Gasteiger partial charge < -0.3 is 10.5 Å². The summed E-state index contributed by atoms with van der Waals surface area (Å²) in [7, 11) is 0. The van der Waals surface area contributed by atoms with E-state index in [1.807, 2.05) is 11.8 Å². The smallest absolute Gasteiger partial charge is 0.231 e. The number of carbonyl (C=O) groups excluding carboxylic acids is 1. The molecule has 2 N–H and O–H groups in total. The zero-order chi connectivity index (χ0) is 8.97. The molecule has 1 saturated heterocycles. The van der Waals surface area contributed by atoms with Crippen molar-refractivity contribution in [2.75, 3.05) is 26.2 Å². The van der Waals surface area contributed by atoms with Crippen molar-refractivity contribution in [3.8, 4) is 0 Å². The van der Waals surface area contributed by atoms with Crippen LogP contribution in [0.25, 0.3) is 0 Å².